The van der Waals surface area contributed by atoms with Crippen molar-refractivity contribution in [2.24, 2.45) is 0 Å². The third kappa shape index (κ3) is 4.64. The average molecular weight is 472 g/mol. The van der Waals surface area contributed by atoms with Gasteiger partial charge in [-0.15, -0.1) is 0 Å². The lowest BCUT2D eigenvalue weighted by molar-refractivity contribution is -0.113. The van der Waals surface area contributed by atoms with Gasteiger partial charge in [0.15, 0.2) is 5.16 Å². The van der Waals surface area contributed by atoms with Gasteiger partial charge in [0.05, 0.1) is 22.3 Å². The molecule has 4 aromatic rings. The van der Waals surface area contributed by atoms with Gasteiger partial charge in [0.25, 0.3) is 5.56 Å². The third-order valence-corrected chi connectivity index (χ3v) is 7.10. The Morgan fingerprint density at radius 2 is 1.62 bits per heavy atom. The summed E-state index contributed by atoms with van der Waals surface area (Å²) in [5.41, 5.74) is 6.52. The Morgan fingerprint density at radius 3 is 2.32 bits per heavy atom. The van der Waals surface area contributed by atoms with Gasteiger partial charge in [-0.05, 0) is 67.1 Å². The highest BCUT2D eigenvalue weighted by Crippen LogP contribution is 2.26. The molecule has 174 valence electrons. The van der Waals surface area contributed by atoms with Gasteiger partial charge in [-0.2, -0.15) is 0 Å². The number of thioether (sulfide) groups is 1. The molecule has 0 bridgehead atoms. The van der Waals surface area contributed by atoms with Gasteiger partial charge >= 0.3 is 0 Å². The molecule has 0 aliphatic rings. The number of hydrogen-bond donors (Lipinski definition) is 1. The van der Waals surface area contributed by atoms with Crippen molar-refractivity contribution in [2.45, 2.75) is 45.7 Å². The van der Waals surface area contributed by atoms with Crippen molar-refractivity contribution in [3.05, 3.63) is 93.3 Å². The minimum absolute atomic E-state index is 0.115. The van der Waals surface area contributed by atoms with Gasteiger partial charge in [-0.1, -0.05) is 68.1 Å². The largest absolute Gasteiger partial charge is 0.325 e. The van der Waals surface area contributed by atoms with Crippen LogP contribution in [-0.4, -0.2) is 21.2 Å². The van der Waals surface area contributed by atoms with Gasteiger partial charge < -0.3 is 5.32 Å². The lowest BCUT2D eigenvalue weighted by atomic mass is 10.0. The number of aromatic nitrogens is 2. The van der Waals surface area contributed by atoms with Gasteiger partial charge in [0.1, 0.15) is 0 Å². The van der Waals surface area contributed by atoms with Crippen molar-refractivity contribution in [3.8, 4) is 5.69 Å². The molecule has 0 saturated heterocycles. The zero-order valence-electron chi connectivity index (χ0n) is 20.0. The summed E-state index contributed by atoms with van der Waals surface area (Å²) in [5, 5.41) is 4.17. The summed E-state index contributed by atoms with van der Waals surface area (Å²) >= 11 is 1.28. The summed E-state index contributed by atoms with van der Waals surface area (Å²) in [4.78, 5) is 31.3. The molecule has 0 atom stereocenters. The van der Waals surface area contributed by atoms with Crippen LogP contribution in [0.25, 0.3) is 16.6 Å². The fraction of sp³-hybridized carbons (Fsp3) is 0.250. The van der Waals surface area contributed by atoms with Gasteiger partial charge in [-0.25, -0.2) is 4.98 Å². The lowest BCUT2D eigenvalue weighted by Gasteiger charge is -2.17. The SMILES string of the molecule is CCc1cccc(CC)c1NC(=O)CSc1nc2ccccc2c(=O)n1-c1cccc(C)c1C. The van der Waals surface area contributed by atoms with Crippen molar-refractivity contribution in [3.63, 3.8) is 0 Å². The zero-order valence-corrected chi connectivity index (χ0v) is 20.8. The van der Waals surface area contributed by atoms with Crippen LogP contribution in [0.4, 0.5) is 5.69 Å². The fourth-order valence-electron chi connectivity index (χ4n) is 4.11. The number of para-hydroxylation sites is 2. The molecule has 0 radical (unpaired) electrons. The first-order valence-corrected chi connectivity index (χ1v) is 12.5. The number of nitrogens with zero attached hydrogens (tertiary/aromatic N) is 2. The molecule has 5 nitrogen and oxygen atoms in total. The number of hydrogen-bond acceptors (Lipinski definition) is 4. The van der Waals surface area contributed by atoms with Crippen LogP contribution in [0.15, 0.2) is 70.6 Å². The Kier molecular flexibility index (Phi) is 7.17. The maximum atomic E-state index is 13.5. The van der Waals surface area contributed by atoms with Gasteiger partial charge in [0.2, 0.25) is 5.91 Å². The van der Waals surface area contributed by atoms with Crippen molar-refractivity contribution >= 4 is 34.3 Å². The van der Waals surface area contributed by atoms with Crippen LogP contribution in [0.5, 0.6) is 0 Å². The summed E-state index contributed by atoms with van der Waals surface area (Å²) in [6, 6.07) is 19.3. The zero-order chi connectivity index (χ0) is 24.2. The quantitative estimate of drug-likeness (QED) is 0.271. The van der Waals surface area contributed by atoms with Gasteiger partial charge in [0, 0.05) is 5.69 Å². The second-order valence-electron chi connectivity index (χ2n) is 8.27. The van der Waals surface area contributed by atoms with E-state index in [2.05, 4.69) is 19.2 Å². The molecule has 0 aliphatic heterocycles. The minimum atomic E-state index is -0.133. The van der Waals surface area contributed by atoms with E-state index in [9.17, 15) is 9.59 Å². The van der Waals surface area contributed by atoms with Crippen LogP contribution in [-0.2, 0) is 17.6 Å². The molecule has 0 aliphatic carbocycles. The summed E-state index contributed by atoms with van der Waals surface area (Å²) in [6.45, 7) is 8.19. The van der Waals surface area contributed by atoms with Crippen molar-refractivity contribution < 1.29 is 4.79 Å². The number of rotatable bonds is 7. The highest BCUT2D eigenvalue weighted by atomic mass is 32.2. The van der Waals surface area contributed by atoms with Crippen LogP contribution in [0.2, 0.25) is 0 Å². The molecule has 4 rings (SSSR count). The Hall–Kier alpha value is -3.38. The maximum absolute atomic E-state index is 13.5. The normalized spacial score (nSPS) is 11.1. The number of benzene rings is 3. The number of carbonyl (C=O) groups excluding carboxylic acids is 1. The van der Waals surface area contributed by atoms with Crippen LogP contribution in [0, 0.1) is 13.8 Å². The van der Waals surface area contributed by atoms with Crippen molar-refractivity contribution in [1.29, 1.82) is 0 Å². The van der Waals surface area contributed by atoms with E-state index in [1.807, 2.05) is 68.4 Å². The van der Waals surface area contributed by atoms with Crippen LogP contribution in [0.1, 0.15) is 36.1 Å². The van der Waals surface area contributed by atoms with Crippen molar-refractivity contribution in [2.75, 3.05) is 11.1 Å². The summed E-state index contributed by atoms with van der Waals surface area (Å²) in [7, 11) is 0. The molecular formula is C28H29N3O2S. The topological polar surface area (TPSA) is 64.0 Å². The fourth-order valence-corrected chi connectivity index (χ4v) is 4.91. The van der Waals surface area contributed by atoms with Crippen molar-refractivity contribution in [1.82, 2.24) is 9.55 Å². The Balaban J connectivity index is 1.71. The highest BCUT2D eigenvalue weighted by molar-refractivity contribution is 7.99. The van der Waals surface area contributed by atoms with E-state index in [4.69, 9.17) is 4.98 Å². The number of carbonyl (C=O) groups is 1. The number of fused-ring (bicyclic) bond motifs is 1. The first kappa shape index (κ1) is 23.8. The van der Waals surface area contributed by atoms with E-state index in [-0.39, 0.29) is 17.2 Å². The number of aryl methyl sites for hydroxylation is 3. The molecule has 1 heterocycles. The molecule has 0 unspecified atom stereocenters. The summed E-state index contributed by atoms with van der Waals surface area (Å²) < 4.78 is 1.64. The molecule has 3 aromatic carbocycles. The van der Waals surface area contributed by atoms with Crippen LogP contribution in [0.3, 0.4) is 0 Å². The lowest BCUT2D eigenvalue weighted by Crippen LogP contribution is -2.24. The molecule has 0 saturated carbocycles. The van der Waals surface area contributed by atoms with Crippen LogP contribution >= 0.6 is 11.8 Å². The Bertz CT molecular complexity index is 1400. The molecule has 0 fully saturated rings. The molecule has 1 N–H and O–H groups in total. The predicted molar refractivity (Wildman–Crippen MR) is 141 cm³/mol. The summed E-state index contributed by atoms with van der Waals surface area (Å²) in [5.74, 6) is 0.0344. The monoisotopic (exact) mass is 471 g/mol. The van der Waals surface area contributed by atoms with E-state index in [0.29, 0.717) is 16.1 Å². The smallest absolute Gasteiger partial charge is 0.266 e. The number of anilines is 1. The standard InChI is InChI=1S/C28H29N3O2S/c1-5-20-12-10-13-21(6-2)26(20)30-25(32)17-34-28-29-23-15-8-7-14-22(23)27(33)31(28)24-16-9-11-18(3)19(24)4/h7-16H,5-6,17H2,1-4H3,(H,30,32). The van der Waals surface area contributed by atoms with E-state index >= 15 is 0 Å². The second kappa shape index (κ2) is 10.3. The highest BCUT2D eigenvalue weighted by Gasteiger charge is 2.17. The molecule has 0 spiro atoms. The maximum Gasteiger partial charge on any atom is 0.266 e. The molecule has 1 aromatic heterocycles. The van der Waals surface area contributed by atoms with E-state index in [1.165, 1.54) is 11.8 Å². The number of nitrogens with one attached hydrogen (secondary N) is 1. The molecular weight excluding hydrogens is 442 g/mol. The van der Waals surface area contributed by atoms with E-state index in [0.717, 1.165) is 46.5 Å². The Morgan fingerprint density at radius 1 is 0.941 bits per heavy atom. The van der Waals surface area contributed by atoms with E-state index < -0.39 is 0 Å². The van der Waals surface area contributed by atoms with E-state index in [1.54, 1.807) is 10.6 Å². The van der Waals surface area contributed by atoms with Crippen LogP contribution < -0.4 is 10.9 Å². The Labute approximate surface area is 204 Å². The number of amides is 1. The molecule has 6 heteroatoms. The molecule has 34 heavy (non-hydrogen) atoms. The third-order valence-electron chi connectivity index (χ3n) is 6.16. The average Bonchev–Trinajstić information content (AvgIpc) is 2.85. The molecule has 1 amide bonds. The first-order chi connectivity index (χ1) is 16.4. The second-order valence-corrected chi connectivity index (χ2v) is 9.21. The first-order valence-electron chi connectivity index (χ1n) is 11.6. The predicted octanol–water partition coefficient (Wildman–Crippen LogP) is 5.86. The van der Waals surface area contributed by atoms with Gasteiger partial charge in [-0.3, -0.25) is 14.2 Å². The summed E-state index contributed by atoms with van der Waals surface area (Å²) in [6.07, 6.45) is 1.68. The minimum Gasteiger partial charge on any atom is -0.325 e.